The second-order valence-corrected chi connectivity index (χ2v) is 5.22. The summed E-state index contributed by atoms with van der Waals surface area (Å²) in [6.45, 7) is 0.756. The zero-order valence-electron chi connectivity index (χ0n) is 11.5. The van der Waals surface area contributed by atoms with E-state index in [1.807, 2.05) is 24.3 Å². The molecule has 4 nitrogen and oxygen atoms in total. The minimum Gasteiger partial charge on any atom is -0.382 e. The first kappa shape index (κ1) is 13.9. The highest BCUT2D eigenvalue weighted by atomic mass is 16.1. The van der Waals surface area contributed by atoms with Crippen molar-refractivity contribution in [3.8, 4) is 0 Å². The van der Waals surface area contributed by atoms with Crippen molar-refractivity contribution in [2.45, 2.75) is 31.7 Å². The Balaban J connectivity index is 1.93. The highest BCUT2D eigenvalue weighted by molar-refractivity contribution is 5.78. The van der Waals surface area contributed by atoms with Crippen molar-refractivity contribution in [3.63, 3.8) is 0 Å². The molecule has 0 aliphatic heterocycles. The maximum Gasteiger partial charge on any atom is 0.224 e. The minimum atomic E-state index is 0.0414. The number of nitrogens with one attached hydrogen (secondary N) is 2. The number of nitrogens with two attached hydrogens (primary N) is 1. The Hall–Kier alpha value is -1.55. The van der Waals surface area contributed by atoms with Gasteiger partial charge in [0.1, 0.15) is 0 Å². The van der Waals surface area contributed by atoms with E-state index in [0.29, 0.717) is 18.4 Å². The van der Waals surface area contributed by atoms with Gasteiger partial charge in [-0.1, -0.05) is 18.6 Å². The van der Waals surface area contributed by atoms with Crippen molar-refractivity contribution < 1.29 is 4.79 Å². The lowest BCUT2D eigenvalue weighted by atomic mass is 10.0. The first-order chi connectivity index (χ1) is 9.22. The molecule has 0 spiro atoms. The van der Waals surface area contributed by atoms with Gasteiger partial charge in [-0.3, -0.25) is 4.79 Å². The SMILES string of the molecule is CNC(=O)Cc1ccc(NC2CCCC2CN)cc1. The fraction of sp³-hybridized carbons (Fsp3) is 0.533. The van der Waals surface area contributed by atoms with Crippen LogP contribution in [0.1, 0.15) is 24.8 Å². The summed E-state index contributed by atoms with van der Waals surface area (Å²) >= 11 is 0. The molecule has 1 fully saturated rings. The largest absolute Gasteiger partial charge is 0.382 e. The molecule has 0 bridgehead atoms. The van der Waals surface area contributed by atoms with Gasteiger partial charge in [-0.25, -0.2) is 0 Å². The van der Waals surface area contributed by atoms with Crippen LogP contribution in [-0.4, -0.2) is 25.5 Å². The van der Waals surface area contributed by atoms with Crippen LogP contribution in [0.5, 0.6) is 0 Å². The van der Waals surface area contributed by atoms with Gasteiger partial charge in [0.25, 0.3) is 0 Å². The second-order valence-electron chi connectivity index (χ2n) is 5.22. The van der Waals surface area contributed by atoms with Gasteiger partial charge in [0.2, 0.25) is 5.91 Å². The number of hydrogen-bond acceptors (Lipinski definition) is 3. The standard InChI is InChI=1S/C15H23N3O/c1-17-15(19)9-11-5-7-13(8-6-11)18-14-4-2-3-12(14)10-16/h5-8,12,14,18H,2-4,9-10,16H2,1H3,(H,17,19). The third kappa shape index (κ3) is 3.70. The molecule has 2 atom stereocenters. The highest BCUT2D eigenvalue weighted by Gasteiger charge is 2.25. The van der Waals surface area contributed by atoms with E-state index in [1.54, 1.807) is 7.05 Å². The molecule has 1 aromatic rings. The topological polar surface area (TPSA) is 67.2 Å². The van der Waals surface area contributed by atoms with Crippen LogP contribution in [-0.2, 0) is 11.2 Å². The number of amides is 1. The number of hydrogen-bond donors (Lipinski definition) is 3. The summed E-state index contributed by atoms with van der Waals surface area (Å²) in [4.78, 5) is 11.3. The zero-order chi connectivity index (χ0) is 13.7. The average Bonchev–Trinajstić information content (AvgIpc) is 2.88. The summed E-state index contributed by atoms with van der Waals surface area (Å²) < 4.78 is 0. The number of carbonyl (C=O) groups is 1. The Bertz CT molecular complexity index is 416. The summed E-state index contributed by atoms with van der Waals surface area (Å²) in [5.41, 5.74) is 7.94. The molecule has 1 amide bonds. The Morgan fingerprint density at radius 2 is 2.05 bits per heavy atom. The van der Waals surface area contributed by atoms with Crippen LogP contribution >= 0.6 is 0 Å². The van der Waals surface area contributed by atoms with E-state index in [-0.39, 0.29) is 5.91 Å². The van der Waals surface area contributed by atoms with Gasteiger partial charge in [-0.05, 0) is 43.0 Å². The predicted octanol–water partition coefficient (Wildman–Crippen LogP) is 1.51. The average molecular weight is 261 g/mol. The Kier molecular flexibility index (Phi) is 4.80. The second kappa shape index (κ2) is 6.57. The number of anilines is 1. The Morgan fingerprint density at radius 1 is 1.32 bits per heavy atom. The predicted molar refractivity (Wildman–Crippen MR) is 78.0 cm³/mol. The molecule has 19 heavy (non-hydrogen) atoms. The van der Waals surface area contributed by atoms with Crippen LogP contribution in [0.2, 0.25) is 0 Å². The van der Waals surface area contributed by atoms with Crippen molar-refractivity contribution in [3.05, 3.63) is 29.8 Å². The summed E-state index contributed by atoms with van der Waals surface area (Å²) in [6, 6.07) is 8.59. The molecule has 4 heteroatoms. The van der Waals surface area contributed by atoms with E-state index >= 15 is 0 Å². The quantitative estimate of drug-likeness (QED) is 0.752. The van der Waals surface area contributed by atoms with Gasteiger partial charge < -0.3 is 16.4 Å². The molecule has 104 valence electrons. The third-order valence-electron chi connectivity index (χ3n) is 3.91. The maximum absolute atomic E-state index is 11.3. The van der Waals surface area contributed by atoms with Crippen LogP contribution in [0.15, 0.2) is 24.3 Å². The van der Waals surface area contributed by atoms with Gasteiger partial charge >= 0.3 is 0 Å². The molecule has 2 rings (SSSR count). The maximum atomic E-state index is 11.3. The third-order valence-corrected chi connectivity index (χ3v) is 3.91. The normalized spacial score (nSPS) is 22.2. The van der Waals surface area contributed by atoms with Crippen LogP contribution in [0.3, 0.4) is 0 Å². The number of benzene rings is 1. The molecule has 1 aliphatic rings. The molecule has 0 heterocycles. The zero-order valence-corrected chi connectivity index (χ0v) is 11.5. The molecule has 1 aliphatic carbocycles. The molecule has 0 saturated heterocycles. The molecular formula is C15H23N3O. The summed E-state index contributed by atoms with van der Waals surface area (Å²) in [5, 5.41) is 6.19. The molecule has 0 aromatic heterocycles. The molecule has 0 radical (unpaired) electrons. The van der Waals surface area contributed by atoms with Crippen molar-refractivity contribution >= 4 is 11.6 Å². The fourth-order valence-electron chi connectivity index (χ4n) is 2.72. The number of likely N-dealkylation sites (N-methyl/N-ethyl adjacent to an activating group) is 1. The highest BCUT2D eigenvalue weighted by Crippen LogP contribution is 2.27. The Labute approximate surface area is 114 Å². The molecule has 2 unspecified atom stereocenters. The van der Waals surface area contributed by atoms with Crippen molar-refractivity contribution in [1.82, 2.24) is 5.32 Å². The van der Waals surface area contributed by atoms with Crippen LogP contribution < -0.4 is 16.4 Å². The van der Waals surface area contributed by atoms with E-state index in [0.717, 1.165) is 17.8 Å². The van der Waals surface area contributed by atoms with Crippen molar-refractivity contribution in [2.24, 2.45) is 11.7 Å². The van der Waals surface area contributed by atoms with E-state index in [1.165, 1.54) is 19.3 Å². The summed E-state index contributed by atoms with van der Waals surface area (Å²) in [5.74, 6) is 0.630. The summed E-state index contributed by atoms with van der Waals surface area (Å²) in [7, 11) is 1.66. The summed E-state index contributed by atoms with van der Waals surface area (Å²) in [6.07, 6.45) is 4.12. The van der Waals surface area contributed by atoms with Crippen LogP contribution in [0, 0.1) is 5.92 Å². The molecule has 4 N–H and O–H groups in total. The van der Waals surface area contributed by atoms with E-state index in [9.17, 15) is 4.79 Å². The first-order valence-corrected chi connectivity index (χ1v) is 6.99. The number of carbonyl (C=O) groups excluding carboxylic acids is 1. The van der Waals surface area contributed by atoms with Gasteiger partial charge in [0, 0.05) is 18.8 Å². The minimum absolute atomic E-state index is 0.0414. The lowest BCUT2D eigenvalue weighted by Crippen LogP contribution is -2.29. The fourth-order valence-corrected chi connectivity index (χ4v) is 2.72. The van der Waals surface area contributed by atoms with E-state index in [4.69, 9.17) is 5.73 Å². The molecular weight excluding hydrogens is 238 g/mol. The van der Waals surface area contributed by atoms with Crippen LogP contribution in [0.25, 0.3) is 0 Å². The molecule has 1 aromatic carbocycles. The first-order valence-electron chi connectivity index (χ1n) is 6.99. The van der Waals surface area contributed by atoms with Gasteiger partial charge in [-0.15, -0.1) is 0 Å². The van der Waals surface area contributed by atoms with Gasteiger partial charge in [0.15, 0.2) is 0 Å². The lowest BCUT2D eigenvalue weighted by molar-refractivity contribution is -0.119. The van der Waals surface area contributed by atoms with Crippen LogP contribution in [0.4, 0.5) is 5.69 Å². The lowest BCUT2D eigenvalue weighted by Gasteiger charge is -2.20. The Morgan fingerprint density at radius 3 is 2.68 bits per heavy atom. The smallest absolute Gasteiger partial charge is 0.224 e. The molecule has 1 saturated carbocycles. The number of rotatable bonds is 5. The van der Waals surface area contributed by atoms with Gasteiger partial charge in [-0.2, -0.15) is 0 Å². The van der Waals surface area contributed by atoms with Gasteiger partial charge in [0.05, 0.1) is 6.42 Å². The van der Waals surface area contributed by atoms with E-state index < -0.39 is 0 Å². The monoisotopic (exact) mass is 261 g/mol. The van der Waals surface area contributed by atoms with Crippen molar-refractivity contribution in [2.75, 3.05) is 18.9 Å². The van der Waals surface area contributed by atoms with E-state index in [2.05, 4.69) is 10.6 Å². The van der Waals surface area contributed by atoms with Crippen molar-refractivity contribution in [1.29, 1.82) is 0 Å².